The number of amides is 2. The first kappa shape index (κ1) is 22.1. The summed E-state index contributed by atoms with van der Waals surface area (Å²) in [5.41, 5.74) is 1.28. The molecule has 0 aromatic heterocycles. The number of aryl methyl sites for hydroxylation is 1. The fourth-order valence-electron chi connectivity index (χ4n) is 4.24. The van der Waals surface area contributed by atoms with Gasteiger partial charge in [-0.05, 0) is 43.0 Å². The number of nitrogens with one attached hydrogen (secondary N) is 1. The zero-order valence-corrected chi connectivity index (χ0v) is 18.1. The summed E-state index contributed by atoms with van der Waals surface area (Å²) in [4.78, 5) is 26.3. The van der Waals surface area contributed by atoms with Crippen LogP contribution in [0.3, 0.4) is 0 Å². The number of carbonyl (C=O) groups excluding carboxylic acids is 1. The SMILES string of the molecule is COC1N(C(=O)N[C@H](C)c2ccccc2)[C@H](C(=O)O)[C@@]1(C)CCc1ccc(Cl)cc1. The van der Waals surface area contributed by atoms with Gasteiger partial charge in [0.1, 0.15) is 12.3 Å². The van der Waals surface area contributed by atoms with Gasteiger partial charge in [0.2, 0.25) is 0 Å². The zero-order valence-electron chi connectivity index (χ0n) is 17.3. The van der Waals surface area contributed by atoms with Crippen LogP contribution in [0.4, 0.5) is 4.79 Å². The van der Waals surface area contributed by atoms with E-state index < -0.39 is 29.7 Å². The molecular weight excluding hydrogens is 404 g/mol. The number of carbonyl (C=O) groups is 2. The Bertz CT molecular complexity index is 890. The fraction of sp³-hybridized carbons (Fsp3) is 0.391. The molecule has 0 radical (unpaired) electrons. The number of rotatable bonds is 7. The van der Waals surface area contributed by atoms with Crippen LogP contribution in [0.5, 0.6) is 0 Å². The minimum Gasteiger partial charge on any atom is -0.480 e. The van der Waals surface area contributed by atoms with Gasteiger partial charge in [-0.2, -0.15) is 0 Å². The van der Waals surface area contributed by atoms with E-state index >= 15 is 0 Å². The van der Waals surface area contributed by atoms with Crippen molar-refractivity contribution in [3.05, 3.63) is 70.7 Å². The van der Waals surface area contributed by atoms with Gasteiger partial charge in [-0.15, -0.1) is 0 Å². The van der Waals surface area contributed by atoms with Crippen LogP contribution in [0.1, 0.15) is 37.4 Å². The number of aliphatic carboxylic acids is 1. The molecule has 0 aliphatic carbocycles. The lowest BCUT2D eigenvalue weighted by Gasteiger charge is -2.59. The second kappa shape index (κ2) is 9.06. The van der Waals surface area contributed by atoms with Crippen LogP contribution in [0.15, 0.2) is 54.6 Å². The maximum absolute atomic E-state index is 12.9. The van der Waals surface area contributed by atoms with E-state index in [9.17, 15) is 14.7 Å². The van der Waals surface area contributed by atoms with Crippen LogP contribution in [0, 0.1) is 5.41 Å². The third-order valence-corrected chi connectivity index (χ3v) is 6.17. The highest BCUT2D eigenvalue weighted by Gasteiger charge is 2.63. The molecule has 2 amide bonds. The van der Waals surface area contributed by atoms with Crippen LogP contribution in [-0.4, -0.2) is 41.4 Å². The molecule has 7 heteroatoms. The van der Waals surface area contributed by atoms with Crippen molar-refractivity contribution in [1.29, 1.82) is 0 Å². The van der Waals surface area contributed by atoms with Crippen molar-refractivity contribution < 1.29 is 19.4 Å². The Morgan fingerprint density at radius 1 is 1.20 bits per heavy atom. The van der Waals surface area contributed by atoms with Gasteiger partial charge in [-0.25, -0.2) is 9.59 Å². The zero-order chi connectivity index (χ0) is 21.9. The van der Waals surface area contributed by atoms with Gasteiger partial charge < -0.3 is 15.2 Å². The Morgan fingerprint density at radius 3 is 2.40 bits per heavy atom. The summed E-state index contributed by atoms with van der Waals surface area (Å²) in [6.07, 6.45) is 0.587. The summed E-state index contributed by atoms with van der Waals surface area (Å²) >= 11 is 5.94. The number of urea groups is 1. The molecule has 4 atom stereocenters. The van der Waals surface area contributed by atoms with Gasteiger partial charge >= 0.3 is 12.0 Å². The van der Waals surface area contributed by atoms with E-state index in [1.807, 2.05) is 68.4 Å². The summed E-state index contributed by atoms with van der Waals surface area (Å²) in [6, 6.07) is 15.3. The number of nitrogens with zero attached hydrogens (tertiary/aromatic N) is 1. The number of methoxy groups -OCH3 is 1. The van der Waals surface area contributed by atoms with Crippen LogP contribution in [0.25, 0.3) is 0 Å². The monoisotopic (exact) mass is 430 g/mol. The molecule has 1 fully saturated rings. The summed E-state index contributed by atoms with van der Waals surface area (Å²) < 4.78 is 5.59. The predicted molar refractivity (Wildman–Crippen MR) is 115 cm³/mol. The molecule has 3 rings (SSSR count). The van der Waals surface area contributed by atoms with Crippen molar-refractivity contribution in [2.75, 3.05) is 7.11 Å². The number of hydrogen-bond donors (Lipinski definition) is 2. The van der Waals surface area contributed by atoms with Crippen molar-refractivity contribution in [1.82, 2.24) is 10.2 Å². The van der Waals surface area contributed by atoms with Gasteiger partial charge in [0, 0.05) is 17.5 Å². The number of hydrogen-bond acceptors (Lipinski definition) is 3. The number of likely N-dealkylation sites (tertiary alicyclic amines) is 1. The smallest absolute Gasteiger partial charge is 0.327 e. The fourth-order valence-corrected chi connectivity index (χ4v) is 4.37. The second-order valence-corrected chi connectivity index (χ2v) is 8.39. The standard InChI is InChI=1S/C23H27ClN2O4/c1-15(17-7-5-4-6-8-17)25-22(29)26-19(20(27)28)23(2,21(26)30-3)14-13-16-9-11-18(24)12-10-16/h4-12,15,19,21H,13-14H2,1-3H3,(H,25,29)(H,27,28)/t15-,19-,21?,23-/m1/s1. The Hall–Kier alpha value is -2.57. The molecule has 0 spiro atoms. The lowest BCUT2D eigenvalue weighted by molar-refractivity contribution is -0.228. The molecule has 1 aliphatic rings. The average molecular weight is 431 g/mol. The van der Waals surface area contributed by atoms with Crippen molar-refractivity contribution in [2.24, 2.45) is 5.41 Å². The highest BCUT2D eigenvalue weighted by molar-refractivity contribution is 6.30. The van der Waals surface area contributed by atoms with Crippen molar-refractivity contribution in [3.8, 4) is 0 Å². The van der Waals surface area contributed by atoms with Crippen molar-refractivity contribution in [2.45, 2.75) is 45.0 Å². The summed E-state index contributed by atoms with van der Waals surface area (Å²) in [7, 11) is 1.50. The van der Waals surface area contributed by atoms with E-state index in [4.69, 9.17) is 16.3 Å². The second-order valence-electron chi connectivity index (χ2n) is 7.95. The summed E-state index contributed by atoms with van der Waals surface area (Å²) in [6.45, 7) is 3.73. The maximum atomic E-state index is 12.9. The van der Waals surface area contributed by atoms with E-state index in [2.05, 4.69) is 5.32 Å². The molecule has 2 N–H and O–H groups in total. The van der Waals surface area contributed by atoms with Crippen molar-refractivity contribution in [3.63, 3.8) is 0 Å². The first-order valence-corrected chi connectivity index (χ1v) is 10.3. The minimum absolute atomic E-state index is 0.258. The molecule has 0 bridgehead atoms. The molecule has 1 heterocycles. The van der Waals surface area contributed by atoms with Crippen molar-refractivity contribution >= 4 is 23.6 Å². The lowest BCUT2D eigenvalue weighted by Crippen LogP contribution is -2.76. The molecule has 1 unspecified atom stereocenters. The van der Waals surface area contributed by atoms with E-state index in [-0.39, 0.29) is 6.04 Å². The summed E-state index contributed by atoms with van der Waals surface area (Å²) in [5, 5.41) is 13.4. The van der Waals surface area contributed by atoms with E-state index in [1.165, 1.54) is 12.0 Å². The van der Waals surface area contributed by atoms with E-state index in [1.54, 1.807) is 0 Å². The normalized spacial score (nSPS) is 24.1. The Balaban J connectivity index is 1.74. The van der Waals surface area contributed by atoms with E-state index in [0.717, 1.165) is 11.1 Å². The molecule has 2 aromatic carbocycles. The van der Waals surface area contributed by atoms with Gasteiger partial charge in [-0.3, -0.25) is 4.90 Å². The number of carboxylic acid groups (broad SMARTS) is 1. The quantitative estimate of drug-likeness (QED) is 0.678. The number of carboxylic acids is 1. The highest BCUT2D eigenvalue weighted by Crippen LogP contribution is 2.48. The van der Waals surface area contributed by atoms with Gasteiger partial charge in [-0.1, -0.05) is 61.0 Å². The minimum atomic E-state index is -1.04. The molecule has 1 saturated heterocycles. The van der Waals surface area contributed by atoms with Crippen LogP contribution >= 0.6 is 11.6 Å². The maximum Gasteiger partial charge on any atom is 0.327 e. The third-order valence-electron chi connectivity index (χ3n) is 5.92. The average Bonchev–Trinajstić information content (AvgIpc) is 2.72. The van der Waals surface area contributed by atoms with Crippen LogP contribution < -0.4 is 5.32 Å². The molecule has 0 saturated carbocycles. The molecule has 6 nitrogen and oxygen atoms in total. The van der Waals surface area contributed by atoms with Gasteiger partial charge in [0.25, 0.3) is 0 Å². The molecule has 2 aromatic rings. The third kappa shape index (κ3) is 4.30. The largest absolute Gasteiger partial charge is 0.480 e. The van der Waals surface area contributed by atoms with Crippen LogP contribution in [-0.2, 0) is 16.0 Å². The highest BCUT2D eigenvalue weighted by atomic mass is 35.5. The Kier molecular flexibility index (Phi) is 6.68. The van der Waals surface area contributed by atoms with Gasteiger partial charge in [0.05, 0.1) is 6.04 Å². The Morgan fingerprint density at radius 2 is 1.83 bits per heavy atom. The first-order valence-electron chi connectivity index (χ1n) is 9.91. The molecule has 1 aliphatic heterocycles. The van der Waals surface area contributed by atoms with Crippen LogP contribution in [0.2, 0.25) is 5.02 Å². The first-order chi connectivity index (χ1) is 14.3. The van der Waals surface area contributed by atoms with E-state index in [0.29, 0.717) is 17.9 Å². The molecule has 160 valence electrons. The molecular formula is C23H27ClN2O4. The number of halogens is 1. The summed E-state index contributed by atoms with van der Waals surface area (Å²) in [5.74, 6) is -1.04. The Labute approximate surface area is 181 Å². The topological polar surface area (TPSA) is 78.9 Å². The molecule has 30 heavy (non-hydrogen) atoms. The van der Waals surface area contributed by atoms with Gasteiger partial charge in [0.15, 0.2) is 0 Å². The number of benzene rings is 2. The predicted octanol–water partition coefficient (Wildman–Crippen LogP) is 4.49. The number of ether oxygens (including phenoxy) is 1. The lowest BCUT2D eigenvalue weighted by atomic mass is 9.67.